The van der Waals surface area contributed by atoms with Crippen molar-refractivity contribution in [2.24, 2.45) is 0 Å². The molecule has 2 saturated carbocycles. The van der Waals surface area contributed by atoms with Gasteiger partial charge in [-0.05, 0) is 69.2 Å². The van der Waals surface area contributed by atoms with Crippen LogP contribution in [0, 0.1) is 13.8 Å². The Morgan fingerprint density at radius 1 is 1.00 bits per heavy atom. The van der Waals surface area contributed by atoms with Crippen molar-refractivity contribution in [1.29, 1.82) is 0 Å². The van der Waals surface area contributed by atoms with Gasteiger partial charge in [-0.3, -0.25) is 0 Å². The first-order valence-corrected chi connectivity index (χ1v) is 10.9. The molecule has 5 rings (SSSR count). The molecule has 0 bridgehead atoms. The molecule has 2 aliphatic carbocycles. The molecule has 26 heavy (non-hydrogen) atoms. The predicted octanol–water partition coefficient (Wildman–Crippen LogP) is 6.08. The summed E-state index contributed by atoms with van der Waals surface area (Å²) in [4.78, 5) is 12.9. The summed E-state index contributed by atoms with van der Waals surface area (Å²) >= 11 is 2.02. The Morgan fingerprint density at radius 2 is 1.81 bits per heavy atom. The molecular formula is C22H27N3S. The van der Waals surface area contributed by atoms with Crippen LogP contribution >= 0.6 is 11.3 Å². The minimum atomic E-state index is 0.640. The molecule has 0 aromatic carbocycles. The number of rotatable bonds is 4. The van der Waals surface area contributed by atoms with Crippen LogP contribution in [0.3, 0.4) is 0 Å². The third-order valence-electron chi connectivity index (χ3n) is 6.00. The number of pyridine rings is 1. The third-order valence-corrected chi connectivity index (χ3v) is 7.23. The van der Waals surface area contributed by atoms with Crippen LogP contribution in [0.1, 0.15) is 83.6 Å². The van der Waals surface area contributed by atoms with E-state index in [0.717, 1.165) is 29.3 Å². The predicted molar refractivity (Wildman–Crippen MR) is 108 cm³/mol. The number of imidazole rings is 1. The Hall–Kier alpha value is -1.68. The lowest BCUT2D eigenvalue weighted by Gasteiger charge is -2.20. The van der Waals surface area contributed by atoms with Gasteiger partial charge in [-0.25, -0.2) is 9.97 Å². The topological polar surface area (TPSA) is 30.7 Å². The zero-order valence-electron chi connectivity index (χ0n) is 15.8. The summed E-state index contributed by atoms with van der Waals surface area (Å²) in [7, 11) is 0. The minimum Gasteiger partial charge on any atom is -0.307 e. The summed E-state index contributed by atoms with van der Waals surface area (Å²) in [5, 5.41) is 0. The monoisotopic (exact) mass is 365 g/mol. The van der Waals surface area contributed by atoms with Crippen molar-refractivity contribution in [3.8, 4) is 0 Å². The number of aromatic nitrogens is 3. The summed E-state index contributed by atoms with van der Waals surface area (Å²) in [6, 6.07) is 6.89. The van der Waals surface area contributed by atoms with Crippen LogP contribution in [0.5, 0.6) is 0 Å². The number of fused-ring (bicyclic) bond motifs is 1. The molecule has 0 unspecified atom stereocenters. The molecular weight excluding hydrogens is 338 g/mol. The molecule has 3 heterocycles. The Labute approximate surface area is 159 Å². The zero-order chi connectivity index (χ0) is 17.7. The first-order chi connectivity index (χ1) is 12.7. The molecule has 0 N–H and O–H groups in total. The lowest BCUT2D eigenvalue weighted by Crippen LogP contribution is -2.04. The SMILES string of the molecule is Cc1cc(C)c2nc(C3CC3)n(Cc3ccc(C4CCCCC4)s3)c2n1. The molecule has 0 radical (unpaired) electrons. The van der Waals surface area contributed by atoms with Crippen molar-refractivity contribution in [2.45, 2.75) is 77.2 Å². The molecule has 3 aromatic heterocycles. The Morgan fingerprint density at radius 3 is 2.58 bits per heavy atom. The van der Waals surface area contributed by atoms with Crippen molar-refractivity contribution >= 4 is 22.5 Å². The molecule has 2 aliphatic rings. The van der Waals surface area contributed by atoms with E-state index >= 15 is 0 Å². The normalized spacial score (nSPS) is 18.7. The van der Waals surface area contributed by atoms with Crippen LogP contribution in [0.2, 0.25) is 0 Å². The molecule has 0 aliphatic heterocycles. The van der Waals surface area contributed by atoms with Crippen molar-refractivity contribution < 1.29 is 0 Å². The number of nitrogens with zero attached hydrogens (tertiary/aromatic N) is 3. The standard InChI is InChI=1S/C22H27N3S/c1-14-12-15(2)23-22-20(14)24-21(17-8-9-17)25(22)13-18-10-11-19(26-18)16-6-4-3-5-7-16/h10-12,16-17H,3-9,13H2,1-2H3. The minimum absolute atomic E-state index is 0.640. The van der Waals surface area contributed by atoms with Crippen LogP contribution in [0.25, 0.3) is 11.2 Å². The summed E-state index contributed by atoms with van der Waals surface area (Å²) in [6.07, 6.45) is 9.53. The molecule has 0 spiro atoms. The summed E-state index contributed by atoms with van der Waals surface area (Å²) in [5.74, 6) is 2.70. The molecule has 0 amide bonds. The van der Waals surface area contributed by atoms with Gasteiger partial charge in [0, 0.05) is 21.4 Å². The van der Waals surface area contributed by atoms with E-state index in [1.165, 1.54) is 61.2 Å². The summed E-state index contributed by atoms with van der Waals surface area (Å²) < 4.78 is 2.41. The van der Waals surface area contributed by atoms with Gasteiger partial charge in [-0.15, -0.1) is 11.3 Å². The molecule has 4 heteroatoms. The molecule has 0 atom stereocenters. The van der Waals surface area contributed by atoms with E-state index in [-0.39, 0.29) is 0 Å². The lowest BCUT2D eigenvalue weighted by atomic mass is 9.88. The average molecular weight is 366 g/mol. The highest BCUT2D eigenvalue weighted by atomic mass is 32.1. The molecule has 3 nitrogen and oxygen atoms in total. The van der Waals surface area contributed by atoms with E-state index in [0.29, 0.717) is 5.92 Å². The van der Waals surface area contributed by atoms with Crippen molar-refractivity contribution in [3.05, 3.63) is 45.0 Å². The van der Waals surface area contributed by atoms with Gasteiger partial charge in [0.2, 0.25) is 0 Å². The van der Waals surface area contributed by atoms with E-state index in [1.807, 2.05) is 11.3 Å². The van der Waals surface area contributed by atoms with Gasteiger partial charge < -0.3 is 4.57 Å². The Balaban J connectivity index is 1.51. The van der Waals surface area contributed by atoms with Gasteiger partial charge in [0.15, 0.2) is 5.65 Å². The van der Waals surface area contributed by atoms with Crippen LogP contribution in [-0.2, 0) is 6.54 Å². The van der Waals surface area contributed by atoms with Crippen LogP contribution < -0.4 is 0 Å². The van der Waals surface area contributed by atoms with Crippen molar-refractivity contribution in [3.63, 3.8) is 0 Å². The molecule has 3 aromatic rings. The number of hydrogen-bond donors (Lipinski definition) is 0. The van der Waals surface area contributed by atoms with Gasteiger partial charge in [-0.2, -0.15) is 0 Å². The van der Waals surface area contributed by atoms with Crippen LogP contribution in [-0.4, -0.2) is 14.5 Å². The van der Waals surface area contributed by atoms with Gasteiger partial charge in [0.25, 0.3) is 0 Å². The molecule has 2 fully saturated rings. The van der Waals surface area contributed by atoms with E-state index in [2.05, 4.69) is 36.6 Å². The molecule has 0 saturated heterocycles. The first-order valence-electron chi connectivity index (χ1n) is 10.1. The quantitative estimate of drug-likeness (QED) is 0.560. The van der Waals surface area contributed by atoms with E-state index in [9.17, 15) is 0 Å². The Bertz CT molecular complexity index is 942. The smallest absolute Gasteiger partial charge is 0.160 e. The molecule has 136 valence electrons. The van der Waals surface area contributed by atoms with E-state index < -0.39 is 0 Å². The first kappa shape index (κ1) is 16.5. The fourth-order valence-corrected chi connectivity index (χ4v) is 5.64. The van der Waals surface area contributed by atoms with Gasteiger partial charge in [0.05, 0.1) is 6.54 Å². The van der Waals surface area contributed by atoms with Crippen LogP contribution in [0.15, 0.2) is 18.2 Å². The van der Waals surface area contributed by atoms with E-state index in [4.69, 9.17) is 9.97 Å². The number of hydrogen-bond acceptors (Lipinski definition) is 3. The average Bonchev–Trinajstić information content (AvgIpc) is 3.27. The van der Waals surface area contributed by atoms with Gasteiger partial charge in [0.1, 0.15) is 11.3 Å². The van der Waals surface area contributed by atoms with Gasteiger partial charge in [-0.1, -0.05) is 19.3 Å². The second kappa shape index (κ2) is 6.49. The van der Waals surface area contributed by atoms with Crippen LogP contribution in [0.4, 0.5) is 0 Å². The number of aryl methyl sites for hydroxylation is 2. The fraction of sp³-hybridized carbons (Fsp3) is 0.545. The van der Waals surface area contributed by atoms with Crippen molar-refractivity contribution in [2.75, 3.05) is 0 Å². The summed E-state index contributed by atoms with van der Waals surface area (Å²) in [5.41, 5.74) is 4.52. The number of thiophene rings is 1. The zero-order valence-corrected chi connectivity index (χ0v) is 16.6. The summed E-state index contributed by atoms with van der Waals surface area (Å²) in [6.45, 7) is 5.18. The second-order valence-electron chi connectivity index (χ2n) is 8.22. The maximum Gasteiger partial charge on any atom is 0.160 e. The highest BCUT2D eigenvalue weighted by Crippen LogP contribution is 2.42. The lowest BCUT2D eigenvalue weighted by molar-refractivity contribution is 0.448. The highest BCUT2D eigenvalue weighted by molar-refractivity contribution is 7.12. The largest absolute Gasteiger partial charge is 0.307 e. The maximum absolute atomic E-state index is 5.01. The second-order valence-corrected chi connectivity index (χ2v) is 9.42. The highest BCUT2D eigenvalue weighted by Gasteiger charge is 2.30. The van der Waals surface area contributed by atoms with Gasteiger partial charge >= 0.3 is 0 Å². The third kappa shape index (κ3) is 2.98. The maximum atomic E-state index is 5.01. The van der Waals surface area contributed by atoms with Crippen molar-refractivity contribution in [1.82, 2.24) is 14.5 Å². The fourth-order valence-electron chi connectivity index (χ4n) is 4.47. The van der Waals surface area contributed by atoms with E-state index in [1.54, 1.807) is 4.88 Å². The Kier molecular flexibility index (Phi) is 4.11.